The van der Waals surface area contributed by atoms with Gasteiger partial charge in [0.05, 0.1) is 22.7 Å². The van der Waals surface area contributed by atoms with Crippen molar-refractivity contribution in [3.05, 3.63) is 62.5 Å². The van der Waals surface area contributed by atoms with Gasteiger partial charge in [0.2, 0.25) is 0 Å². The molecule has 2 aromatic carbocycles. The zero-order valence-corrected chi connectivity index (χ0v) is 21.2. The van der Waals surface area contributed by atoms with Gasteiger partial charge in [-0.3, -0.25) is 15.2 Å². The van der Waals surface area contributed by atoms with Crippen molar-refractivity contribution >= 4 is 56.4 Å². The lowest BCUT2D eigenvalue weighted by molar-refractivity contribution is -0.119. The molecule has 2 aliphatic heterocycles. The Kier molecular flexibility index (Phi) is 7.45. The Hall–Kier alpha value is -1.60. The van der Waals surface area contributed by atoms with Gasteiger partial charge in [0.1, 0.15) is 5.71 Å². The third kappa shape index (κ3) is 4.84. The van der Waals surface area contributed by atoms with E-state index in [4.69, 9.17) is 28.3 Å². The summed E-state index contributed by atoms with van der Waals surface area (Å²) < 4.78 is 0.996. The Labute approximate surface area is 207 Å². The second-order valence-electron chi connectivity index (χ2n) is 8.39. The largest absolute Gasteiger partial charge is 0.284 e. The number of hydrazone groups is 1. The molecule has 0 radical (unpaired) electrons. The Balaban J connectivity index is 1.72. The molecule has 2 heterocycles. The molecule has 170 valence electrons. The fourth-order valence-corrected chi connectivity index (χ4v) is 5.30. The molecule has 0 spiro atoms. The molecule has 4 rings (SSSR count). The van der Waals surface area contributed by atoms with E-state index in [-0.39, 0.29) is 5.91 Å². The van der Waals surface area contributed by atoms with Crippen molar-refractivity contribution in [3.63, 3.8) is 0 Å². The SMILES string of the molecule is CCC1(c2ccc(Br)cc2)CN(c2ccc(Cl)cc2Cl)N=C1C(=O)NN1CCCCCC1. The van der Waals surface area contributed by atoms with Crippen LogP contribution in [0.25, 0.3) is 0 Å². The lowest BCUT2D eigenvalue weighted by Crippen LogP contribution is -2.51. The second kappa shape index (κ2) is 10.1. The summed E-state index contributed by atoms with van der Waals surface area (Å²) in [6.07, 6.45) is 5.31. The topological polar surface area (TPSA) is 47.9 Å². The maximum atomic E-state index is 13.6. The van der Waals surface area contributed by atoms with E-state index < -0.39 is 5.41 Å². The average molecular weight is 538 g/mol. The monoisotopic (exact) mass is 536 g/mol. The standard InChI is InChI=1S/C24H27BrCl2N4O/c1-2-24(17-7-9-18(25)10-8-17)16-31(21-12-11-19(26)15-20(21)27)28-22(24)23(32)29-30-13-5-3-4-6-14-30/h7-12,15H,2-6,13-14,16H2,1H3,(H,29,32). The van der Waals surface area contributed by atoms with E-state index in [1.807, 2.05) is 28.2 Å². The summed E-state index contributed by atoms with van der Waals surface area (Å²) in [5, 5.41) is 9.78. The van der Waals surface area contributed by atoms with Crippen LogP contribution in [0, 0.1) is 0 Å². The molecule has 2 aliphatic rings. The third-order valence-electron chi connectivity index (χ3n) is 6.36. The first-order chi connectivity index (χ1) is 15.4. The minimum atomic E-state index is -0.556. The third-order valence-corrected chi connectivity index (χ3v) is 7.43. The molecular weight excluding hydrogens is 511 g/mol. The van der Waals surface area contributed by atoms with Crippen LogP contribution in [0.2, 0.25) is 10.0 Å². The van der Waals surface area contributed by atoms with Crippen LogP contribution in [0.3, 0.4) is 0 Å². The molecule has 0 saturated carbocycles. The van der Waals surface area contributed by atoms with Gasteiger partial charge in [-0.05, 0) is 55.2 Å². The normalized spacial score (nSPS) is 21.9. The molecule has 5 nitrogen and oxygen atoms in total. The lowest BCUT2D eigenvalue weighted by atomic mass is 9.74. The van der Waals surface area contributed by atoms with Crippen molar-refractivity contribution in [2.45, 2.75) is 44.4 Å². The van der Waals surface area contributed by atoms with Gasteiger partial charge in [0.15, 0.2) is 0 Å². The number of nitrogens with one attached hydrogen (secondary N) is 1. The Morgan fingerprint density at radius 2 is 1.78 bits per heavy atom. The number of amides is 1. The highest BCUT2D eigenvalue weighted by Gasteiger charge is 2.47. The predicted molar refractivity (Wildman–Crippen MR) is 136 cm³/mol. The van der Waals surface area contributed by atoms with Crippen LogP contribution in [0.4, 0.5) is 5.69 Å². The summed E-state index contributed by atoms with van der Waals surface area (Å²) in [6.45, 7) is 4.35. The fourth-order valence-electron chi connectivity index (χ4n) is 4.53. The van der Waals surface area contributed by atoms with Crippen molar-refractivity contribution in [1.29, 1.82) is 0 Å². The lowest BCUT2D eigenvalue weighted by Gasteiger charge is -2.31. The Morgan fingerprint density at radius 1 is 1.09 bits per heavy atom. The van der Waals surface area contributed by atoms with Gasteiger partial charge in [-0.15, -0.1) is 0 Å². The quantitative estimate of drug-likeness (QED) is 0.495. The van der Waals surface area contributed by atoms with Gasteiger partial charge in [0, 0.05) is 22.6 Å². The van der Waals surface area contributed by atoms with E-state index in [0.29, 0.717) is 22.3 Å². The summed E-state index contributed by atoms with van der Waals surface area (Å²) in [5.74, 6) is -0.149. The smallest absolute Gasteiger partial charge is 0.282 e. The van der Waals surface area contributed by atoms with Gasteiger partial charge in [-0.25, -0.2) is 5.01 Å². The minimum Gasteiger partial charge on any atom is -0.284 e. The summed E-state index contributed by atoms with van der Waals surface area (Å²) >= 11 is 16.1. The maximum Gasteiger partial charge on any atom is 0.282 e. The molecule has 1 atom stereocenters. The number of hydrogen-bond acceptors (Lipinski definition) is 4. The van der Waals surface area contributed by atoms with Crippen molar-refractivity contribution in [2.75, 3.05) is 24.6 Å². The molecule has 1 N–H and O–H groups in total. The van der Waals surface area contributed by atoms with Crippen LogP contribution in [0.15, 0.2) is 52.0 Å². The number of carbonyl (C=O) groups excluding carboxylic acids is 1. The van der Waals surface area contributed by atoms with Crippen LogP contribution >= 0.6 is 39.1 Å². The molecule has 32 heavy (non-hydrogen) atoms. The van der Waals surface area contributed by atoms with Gasteiger partial charge in [-0.1, -0.05) is 71.0 Å². The highest BCUT2D eigenvalue weighted by Crippen LogP contribution is 2.40. The van der Waals surface area contributed by atoms with E-state index in [1.165, 1.54) is 12.8 Å². The van der Waals surface area contributed by atoms with E-state index in [0.717, 1.165) is 48.1 Å². The molecule has 0 bridgehead atoms. The van der Waals surface area contributed by atoms with Gasteiger partial charge < -0.3 is 0 Å². The van der Waals surface area contributed by atoms with Crippen LogP contribution in [-0.4, -0.2) is 36.3 Å². The molecule has 1 fully saturated rings. The highest BCUT2D eigenvalue weighted by atomic mass is 79.9. The maximum absolute atomic E-state index is 13.6. The summed E-state index contributed by atoms with van der Waals surface area (Å²) in [6, 6.07) is 13.5. The number of carbonyl (C=O) groups is 1. The summed E-state index contributed by atoms with van der Waals surface area (Å²) in [4.78, 5) is 13.6. The number of hydrogen-bond donors (Lipinski definition) is 1. The highest BCUT2D eigenvalue weighted by molar-refractivity contribution is 9.10. The van der Waals surface area contributed by atoms with Crippen LogP contribution in [0.1, 0.15) is 44.6 Å². The molecule has 0 aliphatic carbocycles. The van der Waals surface area contributed by atoms with Crippen LogP contribution < -0.4 is 10.4 Å². The fraction of sp³-hybridized carbons (Fsp3) is 0.417. The molecular formula is C24H27BrCl2N4O. The number of nitrogens with zero attached hydrogens (tertiary/aromatic N) is 3. The zero-order valence-electron chi connectivity index (χ0n) is 18.1. The van der Waals surface area contributed by atoms with E-state index in [1.54, 1.807) is 12.1 Å². The molecule has 0 aromatic heterocycles. The first kappa shape index (κ1) is 23.6. The predicted octanol–water partition coefficient (Wildman–Crippen LogP) is 6.19. The summed E-state index contributed by atoms with van der Waals surface area (Å²) in [7, 11) is 0. The summed E-state index contributed by atoms with van der Waals surface area (Å²) in [5.41, 5.74) is 4.89. The van der Waals surface area contributed by atoms with Crippen LogP contribution in [-0.2, 0) is 10.2 Å². The van der Waals surface area contributed by atoms with Gasteiger partial charge >= 0.3 is 0 Å². The number of benzene rings is 2. The second-order valence-corrected chi connectivity index (χ2v) is 10.1. The number of hydrazine groups is 1. The average Bonchev–Trinajstić information content (AvgIpc) is 2.98. The first-order valence-electron chi connectivity index (χ1n) is 11.1. The Morgan fingerprint density at radius 3 is 2.41 bits per heavy atom. The molecule has 2 aromatic rings. The van der Waals surface area contributed by atoms with Gasteiger partial charge in [0.25, 0.3) is 5.91 Å². The van der Waals surface area contributed by atoms with Crippen molar-refractivity contribution < 1.29 is 4.79 Å². The van der Waals surface area contributed by atoms with Crippen molar-refractivity contribution in [2.24, 2.45) is 5.10 Å². The van der Waals surface area contributed by atoms with Crippen molar-refractivity contribution in [1.82, 2.24) is 10.4 Å². The Bertz CT molecular complexity index is 1010. The number of anilines is 1. The minimum absolute atomic E-state index is 0.149. The van der Waals surface area contributed by atoms with Crippen LogP contribution in [0.5, 0.6) is 0 Å². The molecule has 1 unspecified atom stereocenters. The zero-order chi connectivity index (χ0) is 22.7. The first-order valence-corrected chi connectivity index (χ1v) is 12.6. The van der Waals surface area contributed by atoms with E-state index in [9.17, 15) is 4.79 Å². The van der Waals surface area contributed by atoms with Gasteiger partial charge in [-0.2, -0.15) is 5.10 Å². The molecule has 1 saturated heterocycles. The van der Waals surface area contributed by atoms with E-state index >= 15 is 0 Å². The number of rotatable bonds is 5. The van der Waals surface area contributed by atoms with E-state index in [2.05, 4.69) is 40.4 Å². The molecule has 8 heteroatoms. The number of halogens is 3. The molecule has 1 amide bonds. The van der Waals surface area contributed by atoms with Crippen molar-refractivity contribution in [3.8, 4) is 0 Å².